The molecule has 10 heteroatoms. The Labute approximate surface area is 146 Å². The highest BCUT2D eigenvalue weighted by Crippen LogP contribution is 2.49. The molecule has 0 spiro atoms. The fourth-order valence-electron chi connectivity index (χ4n) is 2.62. The lowest BCUT2D eigenvalue weighted by Gasteiger charge is -2.29. The van der Waals surface area contributed by atoms with Crippen LogP contribution < -0.4 is 5.48 Å². The lowest BCUT2D eigenvalue weighted by Crippen LogP contribution is -2.45. The Balaban J connectivity index is 1.56. The number of likely N-dealkylation sites (tertiary alicyclic amines) is 1. The topological polar surface area (TPSA) is 67.9 Å². The highest BCUT2D eigenvalue weighted by molar-refractivity contribution is 5.72. The van der Waals surface area contributed by atoms with Gasteiger partial charge < -0.3 is 14.5 Å². The van der Waals surface area contributed by atoms with Crippen molar-refractivity contribution in [3.63, 3.8) is 0 Å². The standard InChI is InChI=1S/C16H16F4N2O4/c17-12-3-2-10(8-11(12)16(18,19)20)15(4-5-15)9-25-13(23)21-26-14(24)22-6-1-7-22/h2-3,8H,1,4-7,9H2,(H,21,23). The van der Waals surface area contributed by atoms with Gasteiger partial charge in [0.1, 0.15) is 12.4 Å². The summed E-state index contributed by atoms with van der Waals surface area (Å²) in [5.74, 6) is -1.35. The number of ether oxygens (including phenoxy) is 1. The summed E-state index contributed by atoms with van der Waals surface area (Å²) in [6.45, 7) is 0.887. The number of amides is 2. The highest BCUT2D eigenvalue weighted by atomic mass is 19.4. The van der Waals surface area contributed by atoms with E-state index in [-0.39, 0.29) is 12.2 Å². The zero-order chi connectivity index (χ0) is 18.9. The smallest absolute Gasteiger partial charge is 0.440 e. The van der Waals surface area contributed by atoms with E-state index in [1.165, 1.54) is 11.0 Å². The lowest BCUT2D eigenvalue weighted by atomic mass is 9.95. The predicted molar refractivity (Wildman–Crippen MR) is 79.5 cm³/mol. The first-order valence-electron chi connectivity index (χ1n) is 7.97. The van der Waals surface area contributed by atoms with E-state index in [0.717, 1.165) is 18.6 Å². The van der Waals surface area contributed by atoms with Gasteiger partial charge in [-0.05, 0) is 37.0 Å². The molecule has 0 aromatic heterocycles. The summed E-state index contributed by atoms with van der Waals surface area (Å²) in [5, 5.41) is 0. The SMILES string of the molecule is O=C(NOC(=O)N1CCC1)OCC1(c2ccc(F)c(C(F)(F)F)c2)CC1. The first-order valence-corrected chi connectivity index (χ1v) is 7.97. The minimum atomic E-state index is -4.81. The van der Waals surface area contributed by atoms with Crippen LogP contribution in [0.2, 0.25) is 0 Å². The summed E-state index contributed by atoms with van der Waals surface area (Å²) in [7, 11) is 0. The molecule has 3 rings (SSSR count). The largest absolute Gasteiger partial charge is 0.447 e. The number of hydrogen-bond donors (Lipinski definition) is 1. The highest BCUT2D eigenvalue weighted by Gasteiger charge is 2.47. The summed E-state index contributed by atoms with van der Waals surface area (Å²) in [6.07, 6.45) is -4.68. The van der Waals surface area contributed by atoms with Gasteiger partial charge in [0.2, 0.25) is 0 Å². The third kappa shape index (κ3) is 3.83. The monoisotopic (exact) mass is 376 g/mol. The number of hydrogen-bond acceptors (Lipinski definition) is 4. The second-order valence-electron chi connectivity index (χ2n) is 6.36. The molecule has 2 fully saturated rings. The van der Waals surface area contributed by atoms with Crippen molar-refractivity contribution >= 4 is 12.2 Å². The van der Waals surface area contributed by atoms with Crippen molar-refractivity contribution in [1.82, 2.24) is 10.4 Å². The van der Waals surface area contributed by atoms with E-state index in [4.69, 9.17) is 4.74 Å². The second kappa shape index (κ2) is 6.65. The number of nitrogens with one attached hydrogen (secondary N) is 1. The Morgan fingerprint density at radius 2 is 1.92 bits per heavy atom. The minimum Gasteiger partial charge on any atom is -0.447 e. The van der Waals surface area contributed by atoms with Crippen LogP contribution in [0.25, 0.3) is 0 Å². The van der Waals surface area contributed by atoms with Crippen LogP contribution in [0.1, 0.15) is 30.4 Å². The zero-order valence-electron chi connectivity index (χ0n) is 13.6. The van der Waals surface area contributed by atoms with Gasteiger partial charge in [0.05, 0.1) is 5.56 Å². The van der Waals surface area contributed by atoms with Crippen molar-refractivity contribution in [2.24, 2.45) is 0 Å². The van der Waals surface area contributed by atoms with Crippen LogP contribution in [0, 0.1) is 5.82 Å². The molecule has 1 saturated carbocycles. The van der Waals surface area contributed by atoms with Crippen LogP contribution >= 0.6 is 0 Å². The molecule has 142 valence electrons. The Morgan fingerprint density at radius 3 is 2.46 bits per heavy atom. The van der Waals surface area contributed by atoms with Crippen molar-refractivity contribution in [2.75, 3.05) is 19.7 Å². The maximum Gasteiger partial charge on any atom is 0.440 e. The van der Waals surface area contributed by atoms with E-state index in [1.807, 2.05) is 5.48 Å². The molecule has 2 amide bonds. The molecular formula is C16H16F4N2O4. The third-order valence-electron chi connectivity index (χ3n) is 4.55. The Bertz CT molecular complexity index is 715. The van der Waals surface area contributed by atoms with Crippen LogP contribution in [0.3, 0.4) is 0 Å². The molecule has 0 unspecified atom stereocenters. The third-order valence-corrected chi connectivity index (χ3v) is 4.55. The van der Waals surface area contributed by atoms with E-state index in [9.17, 15) is 27.2 Å². The predicted octanol–water partition coefficient (Wildman–Crippen LogP) is 3.36. The second-order valence-corrected chi connectivity index (χ2v) is 6.36. The molecule has 6 nitrogen and oxygen atoms in total. The van der Waals surface area contributed by atoms with Gasteiger partial charge >= 0.3 is 18.4 Å². The maximum absolute atomic E-state index is 13.4. The van der Waals surface area contributed by atoms with E-state index in [2.05, 4.69) is 4.84 Å². The van der Waals surface area contributed by atoms with Gasteiger partial charge in [-0.15, -0.1) is 5.48 Å². The summed E-state index contributed by atoms with van der Waals surface area (Å²) < 4.78 is 56.9. The molecule has 2 aliphatic rings. The normalized spacial score (nSPS) is 17.9. The molecule has 0 radical (unpaired) electrons. The summed E-state index contributed by atoms with van der Waals surface area (Å²) >= 11 is 0. The fraction of sp³-hybridized carbons (Fsp3) is 0.500. The molecule has 1 aliphatic carbocycles. The molecule has 26 heavy (non-hydrogen) atoms. The van der Waals surface area contributed by atoms with E-state index in [0.29, 0.717) is 25.9 Å². The number of carbonyl (C=O) groups excluding carboxylic acids is 2. The fourth-order valence-corrected chi connectivity index (χ4v) is 2.62. The molecule has 0 atom stereocenters. The van der Waals surface area contributed by atoms with Gasteiger partial charge in [-0.1, -0.05) is 6.07 Å². The Hall–Kier alpha value is -2.52. The zero-order valence-corrected chi connectivity index (χ0v) is 13.6. The van der Waals surface area contributed by atoms with Crippen molar-refractivity contribution in [3.05, 3.63) is 35.1 Å². The Kier molecular flexibility index (Phi) is 4.68. The quantitative estimate of drug-likeness (QED) is 0.649. The van der Waals surface area contributed by atoms with Crippen molar-refractivity contribution in [3.8, 4) is 0 Å². The molecular weight excluding hydrogens is 360 g/mol. The number of benzene rings is 1. The van der Waals surface area contributed by atoms with Crippen LogP contribution in [0.5, 0.6) is 0 Å². The van der Waals surface area contributed by atoms with Gasteiger partial charge in [0.25, 0.3) is 0 Å². The number of nitrogens with zero attached hydrogens (tertiary/aromatic N) is 1. The molecule has 0 bridgehead atoms. The molecule has 1 aromatic rings. The molecule has 1 heterocycles. The number of alkyl halides is 3. The van der Waals surface area contributed by atoms with Gasteiger partial charge in [0, 0.05) is 18.5 Å². The Morgan fingerprint density at radius 1 is 1.23 bits per heavy atom. The molecule has 1 saturated heterocycles. The van der Waals surface area contributed by atoms with Gasteiger partial charge in [-0.25, -0.2) is 14.0 Å². The first-order chi connectivity index (χ1) is 12.2. The first kappa shape index (κ1) is 18.3. The summed E-state index contributed by atoms with van der Waals surface area (Å²) in [4.78, 5) is 28.9. The average Bonchev–Trinajstić information content (AvgIpc) is 3.29. The number of halogens is 4. The summed E-state index contributed by atoms with van der Waals surface area (Å²) in [6, 6.07) is 2.75. The van der Waals surface area contributed by atoms with Gasteiger partial charge in [-0.2, -0.15) is 13.2 Å². The van der Waals surface area contributed by atoms with Gasteiger partial charge in [-0.3, -0.25) is 0 Å². The van der Waals surface area contributed by atoms with Crippen molar-refractivity contribution in [1.29, 1.82) is 0 Å². The number of hydroxylamine groups is 1. The van der Waals surface area contributed by atoms with Crippen molar-refractivity contribution < 1.29 is 36.7 Å². The summed E-state index contributed by atoms with van der Waals surface area (Å²) in [5.41, 5.74) is -0.0552. The van der Waals surface area contributed by atoms with Crippen molar-refractivity contribution in [2.45, 2.75) is 30.9 Å². The van der Waals surface area contributed by atoms with E-state index >= 15 is 0 Å². The van der Waals surface area contributed by atoms with Gasteiger partial charge in [0.15, 0.2) is 0 Å². The molecule has 1 aliphatic heterocycles. The van der Waals surface area contributed by atoms with E-state index < -0.39 is 35.2 Å². The lowest BCUT2D eigenvalue weighted by molar-refractivity contribution is -0.140. The number of rotatable bonds is 3. The van der Waals surface area contributed by atoms with E-state index in [1.54, 1.807) is 0 Å². The average molecular weight is 376 g/mol. The van der Waals surface area contributed by atoms with Crippen LogP contribution in [-0.4, -0.2) is 36.8 Å². The molecule has 1 N–H and O–H groups in total. The molecule has 1 aromatic carbocycles. The minimum absolute atomic E-state index is 0.205. The van der Waals surface area contributed by atoms with Crippen LogP contribution in [0.15, 0.2) is 18.2 Å². The van der Waals surface area contributed by atoms with Crippen LogP contribution in [0.4, 0.5) is 27.2 Å². The van der Waals surface area contributed by atoms with Crippen LogP contribution in [-0.2, 0) is 21.2 Å². The number of carbonyl (C=O) groups is 2. The maximum atomic E-state index is 13.4.